The maximum Gasteiger partial charge on any atom is 0.0645 e. The fourth-order valence-electron chi connectivity index (χ4n) is 2.17. The van der Waals surface area contributed by atoms with Crippen LogP contribution in [0.1, 0.15) is 20.3 Å². The molecule has 2 aliphatic heterocycles. The molecule has 0 aromatic rings. The molecular weight excluding hydrogens is 164 g/mol. The molecule has 76 valence electrons. The Hall–Kier alpha value is -0.120. The monoisotopic (exact) mass is 184 g/mol. The Morgan fingerprint density at radius 3 is 2.38 bits per heavy atom. The number of nitrogens with zero attached hydrogens (tertiary/aromatic N) is 1. The van der Waals surface area contributed by atoms with Crippen LogP contribution in [0.5, 0.6) is 0 Å². The van der Waals surface area contributed by atoms with E-state index < -0.39 is 0 Å². The molecule has 2 rings (SSSR count). The van der Waals surface area contributed by atoms with E-state index in [2.05, 4.69) is 31.1 Å². The highest BCUT2D eigenvalue weighted by molar-refractivity contribution is 4.95. The second-order valence-electron chi connectivity index (χ2n) is 4.98. The largest absolute Gasteiger partial charge is 0.378 e. The molecule has 1 N–H and O–H groups in total. The third kappa shape index (κ3) is 1.87. The number of rotatable bonds is 2. The van der Waals surface area contributed by atoms with Crippen molar-refractivity contribution in [2.75, 3.05) is 26.8 Å². The Morgan fingerprint density at radius 2 is 2.00 bits per heavy atom. The highest BCUT2D eigenvalue weighted by Gasteiger charge is 2.36. The molecule has 3 heteroatoms. The maximum absolute atomic E-state index is 5.21. The zero-order valence-electron chi connectivity index (χ0n) is 8.84. The lowest BCUT2D eigenvalue weighted by molar-refractivity contribution is -0.0674. The summed E-state index contributed by atoms with van der Waals surface area (Å²) in [5, 5.41) is 3.55. The summed E-state index contributed by atoms with van der Waals surface area (Å²) >= 11 is 0. The highest BCUT2D eigenvalue weighted by atomic mass is 16.5. The molecule has 0 aromatic carbocycles. The van der Waals surface area contributed by atoms with Crippen LogP contribution in [0.2, 0.25) is 0 Å². The predicted octanol–water partition coefficient (Wildman–Crippen LogP) is 0.457. The van der Waals surface area contributed by atoms with E-state index in [1.54, 1.807) is 0 Å². The van der Waals surface area contributed by atoms with Gasteiger partial charge in [0.2, 0.25) is 0 Å². The van der Waals surface area contributed by atoms with Gasteiger partial charge < -0.3 is 10.1 Å². The van der Waals surface area contributed by atoms with Gasteiger partial charge in [-0.15, -0.1) is 0 Å². The normalized spacial score (nSPS) is 33.7. The Balaban J connectivity index is 1.87. The van der Waals surface area contributed by atoms with Crippen LogP contribution >= 0.6 is 0 Å². The average Bonchev–Trinajstić information content (AvgIpc) is 2.26. The van der Waals surface area contributed by atoms with Crippen molar-refractivity contribution in [1.29, 1.82) is 0 Å². The van der Waals surface area contributed by atoms with E-state index in [1.807, 2.05) is 0 Å². The number of nitrogens with one attached hydrogen (secondary N) is 1. The third-order valence-corrected chi connectivity index (χ3v) is 3.33. The predicted molar refractivity (Wildman–Crippen MR) is 52.9 cm³/mol. The molecule has 13 heavy (non-hydrogen) atoms. The molecule has 0 bridgehead atoms. The topological polar surface area (TPSA) is 24.5 Å². The van der Waals surface area contributed by atoms with Gasteiger partial charge >= 0.3 is 0 Å². The molecule has 2 fully saturated rings. The van der Waals surface area contributed by atoms with Crippen molar-refractivity contribution in [2.45, 2.75) is 37.9 Å². The summed E-state index contributed by atoms with van der Waals surface area (Å²) in [5.74, 6) is 0. The first-order valence-electron chi connectivity index (χ1n) is 5.13. The van der Waals surface area contributed by atoms with Gasteiger partial charge in [-0.2, -0.15) is 0 Å². The molecule has 0 aromatic heterocycles. The van der Waals surface area contributed by atoms with Crippen LogP contribution in [0, 0.1) is 0 Å². The van der Waals surface area contributed by atoms with Gasteiger partial charge in [-0.25, -0.2) is 0 Å². The fraction of sp³-hybridized carbons (Fsp3) is 1.00. The van der Waals surface area contributed by atoms with Gasteiger partial charge in [-0.1, -0.05) is 0 Å². The van der Waals surface area contributed by atoms with Gasteiger partial charge in [0.1, 0.15) is 0 Å². The summed E-state index contributed by atoms with van der Waals surface area (Å²) in [4.78, 5) is 2.48. The van der Waals surface area contributed by atoms with E-state index in [0.29, 0.717) is 17.6 Å². The molecule has 2 aliphatic rings. The van der Waals surface area contributed by atoms with E-state index >= 15 is 0 Å². The molecule has 0 aliphatic carbocycles. The summed E-state index contributed by atoms with van der Waals surface area (Å²) in [5.41, 5.74) is 0.323. The van der Waals surface area contributed by atoms with Crippen molar-refractivity contribution in [2.24, 2.45) is 0 Å². The molecule has 3 nitrogen and oxygen atoms in total. The Morgan fingerprint density at radius 1 is 1.31 bits per heavy atom. The minimum atomic E-state index is 0.323. The molecular formula is C10H20N2O. The number of likely N-dealkylation sites (N-methyl/N-ethyl adjacent to an activating group) is 1. The maximum atomic E-state index is 5.21. The summed E-state index contributed by atoms with van der Waals surface area (Å²) in [6.07, 6.45) is 1.25. The number of hydrogen-bond acceptors (Lipinski definition) is 3. The van der Waals surface area contributed by atoms with E-state index in [9.17, 15) is 0 Å². The van der Waals surface area contributed by atoms with E-state index in [0.717, 1.165) is 19.8 Å². The van der Waals surface area contributed by atoms with Gasteiger partial charge in [0.15, 0.2) is 0 Å². The molecule has 2 saturated heterocycles. The van der Waals surface area contributed by atoms with Crippen LogP contribution in [-0.2, 0) is 4.74 Å². The standard InChI is InChI=1S/C10H20N2O/c1-10(2)4-8(5-11-10)12(3)9-6-13-7-9/h8-9,11H,4-7H2,1-3H3. The molecule has 2 heterocycles. The molecule has 0 saturated carbocycles. The fourth-order valence-corrected chi connectivity index (χ4v) is 2.17. The first-order valence-corrected chi connectivity index (χ1v) is 5.13. The van der Waals surface area contributed by atoms with Crippen molar-refractivity contribution in [3.05, 3.63) is 0 Å². The summed E-state index contributed by atoms with van der Waals surface area (Å²) in [6, 6.07) is 1.37. The third-order valence-electron chi connectivity index (χ3n) is 3.33. The Kier molecular flexibility index (Phi) is 2.34. The van der Waals surface area contributed by atoms with Crippen LogP contribution in [0.25, 0.3) is 0 Å². The Labute approximate surface area is 80.4 Å². The number of hydrogen-bond donors (Lipinski definition) is 1. The second-order valence-corrected chi connectivity index (χ2v) is 4.98. The van der Waals surface area contributed by atoms with E-state index in [1.165, 1.54) is 6.42 Å². The van der Waals surface area contributed by atoms with Crippen molar-refractivity contribution < 1.29 is 4.74 Å². The zero-order chi connectivity index (χ0) is 9.47. The van der Waals surface area contributed by atoms with Crippen LogP contribution < -0.4 is 5.32 Å². The first kappa shape index (κ1) is 9.44. The summed E-state index contributed by atoms with van der Waals surface area (Å²) in [6.45, 7) is 7.52. The van der Waals surface area contributed by atoms with E-state index in [-0.39, 0.29) is 0 Å². The quantitative estimate of drug-likeness (QED) is 0.674. The second kappa shape index (κ2) is 3.23. The first-order chi connectivity index (χ1) is 6.08. The lowest BCUT2D eigenvalue weighted by Crippen LogP contribution is -2.51. The average molecular weight is 184 g/mol. The van der Waals surface area contributed by atoms with E-state index in [4.69, 9.17) is 4.74 Å². The SMILES string of the molecule is CN(C1COC1)C1CNC(C)(C)C1. The molecule has 1 atom stereocenters. The minimum Gasteiger partial charge on any atom is -0.378 e. The van der Waals surface area contributed by atoms with Crippen LogP contribution in [-0.4, -0.2) is 49.3 Å². The van der Waals surface area contributed by atoms with Crippen molar-refractivity contribution in [3.8, 4) is 0 Å². The van der Waals surface area contributed by atoms with Gasteiger partial charge in [-0.05, 0) is 27.3 Å². The van der Waals surface area contributed by atoms with Gasteiger partial charge in [0.25, 0.3) is 0 Å². The molecule has 0 radical (unpaired) electrons. The molecule has 0 spiro atoms. The Bertz CT molecular complexity index is 189. The lowest BCUT2D eigenvalue weighted by atomic mass is 10.00. The highest BCUT2D eigenvalue weighted by Crippen LogP contribution is 2.24. The number of ether oxygens (including phenoxy) is 1. The van der Waals surface area contributed by atoms with Crippen molar-refractivity contribution >= 4 is 0 Å². The zero-order valence-corrected chi connectivity index (χ0v) is 8.84. The van der Waals surface area contributed by atoms with Crippen LogP contribution in [0.3, 0.4) is 0 Å². The smallest absolute Gasteiger partial charge is 0.0645 e. The summed E-state index contributed by atoms with van der Waals surface area (Å²) < 4.78 is 5.21. The summed E-state index contributed by atoms with van der Waals surface area (Å²) in [7, 11) is 2.22. The molecule has 0 amide bonds. The van der Waals surface area contributed by atoms with Crippen LogP contribution in [0.15, 0.2) is 0 Å². The van der Waals surface area contributed by atoms with Gasteiger partial charge in [-0.3, -0.25) is 4.90 Å². The minimum absolute atomic E-state index is 0.323. The van der Waals surface area contributed by atoms with Gasteiger partial charge in [0, 0.05) is 18.1 Å². The van der Waals surface area contributed by atoms with Crippen molar-refractivity contribution in [1.82, 2.24) is 10.2 Å². The lowest BCUT2D eigenvalue weighted by Gasteiger charge is -2.38. The van der Waals surface area contributed by atoms with Crippen LogP contribution in [0.4, 0.5) is 0 Å². The van der Waals surface area contributed by atoms with Crippen molar-refractivity contribution in [3.63, 3.8) is 0 Å². The van der Waals surface area contributed by atoms with Gasteiger partial charge in [0.05, 0.1) is 19.3 Å². The molecule has 1 unspecified atom stereocenters.